The molecule has 3 aromatic rings. The van der Waals surface area contributed by atoms with Crippen molar-refractivity contribution in [3.63, 3.8) is 0 Å². The van der Waals surface area contributed by atoms with Crippen LogP contribution in [0.4, 0.5) is 4.39 Å². The van der Waals surface area contributed by atoms with Gasteiger partial charge < -0.3 is 9.47 Å². The van der Waals surface area contributed by atoms with Crippen molar-refractivity contribution in [2.45, 2.75) is 6.92 Å². The first-order valence-electron chi connectivity index (χ1n) is 8.82. The van der Waals surface area contributed by atoms with Crippen LogP contribution < -0.4 is 14.9 Å². The van der Waals surface area contributed by atoms with Gasteiger partial charge in [0.05, 0.1) is 38.0 Å². The van der Waals surface area contributed by atoms with Crippen molar-refractivity contribution in [3.05, 3.63) is 71.9 Å². The Bertz CT molecular complexity index is 1020. The topological polar surface area (TPSA) is 85.7 Å². The third-order valence-electron chi connectivity index (χ3n) is 3.84. The molecular formula is C21H19FN4O3. The van der Waals surface area contributed by atoms with E-state index in [1.54, 1.807) is 12.3 Å². The molecule has 3 rings (SSSR count). The number of rotatable bonds is 7. The minimum absolute atomic E-state index is 0.102. The molecule has 0 saturated heterocycles. The van der Waals surface area contributed by atoms with Crippen molar-refractivity contribution < 1.29 is 18.7 Å². The van der Waals surface area contributed by atoms with E-state index in [4.69, 9.17) is 9.47 Å². The second-order valence-electron chi connectivity index (χ2n) is 5.87. The van der Waals surface area contributed by atoms with Crippen molar-refractivity contribution in [2.75, 3.05) is 13.7 Å². The smallest absolute Gasteiger partial charge is 0.291 e. The second-order valence-corrected chi connectivity index (χ2v) is 5.87. The highest BCUT2D eigenvalue weighted by Crippen LogP contribution is 2.20. The third-order valence-corrected chi connectivity index (χ3v) is 3.84. The lowest BCUT2D eigenvalue weighted by molar-refractivity contribution is 0.0950. The molecule has 7 nitrogen and oxygen atoms in total. The monoisotopic (exact) mass is 394 g/mol. The van der Waals surface area contributed by atoms with Gasteiger partial charge in [-0.05, 0) is 43.3 Å². The Labute approximate surface area is 167 Å². The first-order valence-corrected chi connectivity index (χ1v) is 8.82. The van der Waals surface area contributed by atoms with Crippen LogP contribution in [0.15, 0.2) is 60.0 Å². The van der Waals surface area contributed by atoms with E-state index in [9.17, 15) is 9.18 Å². The van der Waals surface area contributed by atoms with E-state index in [0.717, 1.165) is 11.3 Å². The van der Waals surface area contributed by atoms with Crippen molar-refractivity contribution in [1.29, 1.82) is 0 Å². The van der Waals surface area contributed by atoms with Gasteiger partial charge in [0, 0.05) is 17.2 Å². The number of nitrogens with one attached hydrogen (secondary N) is 1. The van der Waals surface area contributed by atoms with Crippen LogP contribution in [0.3, 0.4) is 0 Å². The summed E-state index contributed by atoms with van der Waals surface area (Å²) in [6.45, 7) is 2.49. The molecule has 1 N–H and O–H groups in total. The van der Waals surface area contributed by atoms with Crippen LogP contribution in [-0.2, 0) is 0 Å². The molecule has 0 spiro atoms. The summed E-state index contributed by atoms with van der Waals surface area (Å²) in [6, 6.07) is 11.4. The molecule has 8 heteroatoms. The zero-order valence-electron chi connectivity index (χ0n) is 15.9. The fraction of sp³-hybridized carbons (Fsp3) is 0.143. The number of carbonyl (C=O) groups is 1. The molecule has 29 heavy (non-hydrogen) atoms. The maximum absolute atomic E-state index is 13.5. The predicted octanol–water partition coefficient (Wildman–Crippen LogP) is 3.45. The Morgan fingerprint density at radius 2 is 1.97 bits per heavy atom. The fourth-order valence-electron chi connectivity index (χ4n) is 2.50. The van der Waals surface area contributed by atoms with Crippen molar-refractivity contribution >= 4 is 12.1 Å². The summed E-state index contributed by atoms with van der Waals surface area (Å²) in [4.78, 5) is 20.7. The van der Waals surface area contributed by atoms with E-state index in [1.807, 2.05) is 31.2 Å². The molecule has 0 fully saturated rings. The van der Waals surface area contributed by atoms with E-state index in [1.165, 1.54) is 31.7 Å². The quantitative estimate of drug-likeness (QED) is 0.490. The maximum atomic E-state index is 13.5. The number of halogens is 1. The summed E-state index contributed by atoms with van der Waals surface area (Å²) >= 11 is 0. The van der Waals surface area contributed by atoms with Gasteiger partial charge in [0.25, 0.3) is 5.91 Å². The van der Waals surface area contributed by atoms with Crippen LogP contribution in [0.25, 0.3) is 11.3 Å². The molecule has 148 valence electrons. The van der Waals surface area contributed by atoms with E-state index in [2.05, 4.69) is 20.5 Å². The van der Waals surface area contributed by atoms with E-state index in [0.29, 0.717) is 23.6 Å². The number of aromatic nitrogens is 2. The van der Waals surface area contributed by atoms with Crippen LogP contribution in [0.5, 0.6) is 11.5 Å². The zero-order valence-corrected chi connectivity index (χ0v) is 15.9. The van der Waals surface area contributed by atoms with E-state index < -0.39 is 11.7 Å². The average molecular weight is 394 g/mol. The average Bonchev–Trinajstić information content (AvgIpc) is 2.74. The Hall–Kier alpha value is -3.81. The Balaban J connectivity index is 1.70. The normalized spacial score (nSPS) is 10.7. The largest absolute Gasteiger partial charge is 0.497 e. The van der Waals surface area contributed by atoms with Gasteiger partial charge >= 0.3 is 0 Å². The van der Waals surface area contributed by atoms with Crippen LogP contribution in [0.1, 0.15) is 23.0 Å². The molecule has 0 atom stereocenters. The number of hydrazone groups is 1. The van der Waals surface area contributed by atoms with Gasteiger partial charge in [-0.1, -0.05) is 0 Å². The highest BCUT2D eigenvalue weighted by Gasteiger charge is 2.09. The molecule has 0 unspecified atom stereocenters. The van der Waals surface area contributed by atoms with Crippen molar-refractivity contribution in [1.82, 2.24) is 15.4 Å². The first kappa shape index (κ1) is 19.9. The molecule has 0 aliphatic heterocycles. The maximum Gasteiger partial charge on any atom is 0.291 e. The van der Waals surface area contributed by atoms with Crippen LogP contribution >= 0.6 is 0 Å². The molecule has 0 aliphatic carbocycles. The van der Waals surface area contributed by atoms with Crippen LogP contribution in [0, 0.1) is 5.82 Å². The molecule has 1 heterocycles. The van der Waals surface area contributed by atoms with Gasteiger partial charge in [-0.3, -0.25) is 9.78 Å². The first-order chi connectivity index (χ1) is 14.1. The van der Waals surface area contributed by atoms with E-state index in [-0.39, 0.29) is 5.69 Å². The van der Waals surface area contributed by atoms with Crippen molar-refractivity contribution in [3.8, 4) is 22.8 Å². The molecule has 1 amide bonds. The number of nitrogens with zero attached hydrogens (tertiary/aromatic N) is 3. The van der Waals surface area contributed by atoms with Crippen LogP contribution in [-0.4, -0.2) is 35.8 Å². The number of ether oxygens (including phenoxy) is 2. The number of hydrogen-bond donors (Lipinski definition) is 1. The number of carbonyl (C=O) groups excluding carboxylic acids is 1. The van der Waals surface area contributed by atoms with Gasteiger partial charge in [-0.2, -0.15) is 5.10 Å². The summed E-state index contributed by atoms with van der Waals surface area (Å²) in [6.07, 6.45) is 4.22. The number of hydrogen-bond acceptors (Lipinski definition) is 6. The molecular weight excluding hydrogens is 375 g/mol. The molecule has 2 aromatic carbocycles. The van der Waals surface area contributed by atoms with Crippen LogP contribution in [0.2, 0.25) is 0 Å². The fourth-order valence-corrected chi connectivity index (χ4v) is 2.50. The zero-order chi connectivity index (χ0) is 20.6. The Morgan fingerprint density at radius 3 is 2.69 bits per heavy atom. The third kappa shape index (κ3) is 5.35. The van der Waals surface area contributed by atoms with E-state index >= 15 is 0 Å². The Morgan fingerprint density at radius 1 is 1.17 bits per heavy atom. The lowest BCUT2D eigenvalue weighted by atomic mass is 10.1. The SMILES string of the molecule is CCOc1ccc(-c2cncc(C(=O)N/N=C/c3cc(F)cc(OC)c3)n2)cc1. The summed E-state index contributed by atoms with van der Waals surface area (Å²) in [5.74, 6) is 0.101. The molecule has 0 saturated carbocycles. The lowest BCUT2D eigenvalue weighted by Crippen LogP contribution is -2.19. The standard InChI is InChI=1S/C21H19FN4O3/c1-3-29-17-6-4-15(5-7-17)19-12-23-13-20(25-19)21(27)26-24-11-14-8-16(22)10-18(9-14)28-2/h4-13H,3H2,1-2H3,(H,26,27)/b24-11+. The minimum Gasteiger partial charge on any atom is -0.497 e. The summed E-state index contributed by atoms with van der Waals surface area (Å²) < 4.78 is 23.9. The molecule has 0 bridgehead atoms. The molecule has 1 aromatic heterocycles. The highest BCUT2D eigenvalue weighted by atomic mass is 19.1. The summed E-state index contributed by atoms with van der Waals surface area (Å²) in [7, 11) is 1.44. The number of benzene rings is 2. The lowest BCUT2D eigenvalue weighted by Gasteiger charge is -2.06. The van der Waals surface area contributed by atoms with Gasteiger partial charge in [-0.15, -0.1) is 0 Å². The summed E-state index contributed by atoms with van der Waals surface area (Å²) in [5, 5.41) is 3.84. The van der Waals surface area contributed by atoms with Gasteiger partial charge in [-0.25, -0.2) is 14.8 Å². The molecule has 0 aliphatic rings. The highest BCUT2D eigenvalue weighted by molar-refractivity contribution is 5.93. The Kier molecular flexibility index (Phi) is 6.47. The van der Waals surface area contributed by atoms with Gasteiger partial charge in [0.2, 0.25) is 0 Å². The predicted molar refractivity (Wildman–Crippen MR) is 107 cm³/mol. The van der Waals surface area contributed by atoms with Gasteiger partial charge in [0.15, 0.2) is 0 Å². The number of methoxy groups -OCH3 is 1. The second kappa shape index (κ2) is 9.41. The molecule has 0 radical (unpaired) electrons. The van der Waals surface area contributed by atoms with Gasteiger partial charge in [0.1, 0.15) is 23.0 Å². The summed E-state index contributed by atoms with van der Waals surface area (Å²) in [5.41, 5.74) is 4.24. The van der Waals surface area contributed by atoms with Crippen molar-refractivity contribution in [2.24, 2.45) is 5.10 Å². The minimum atomic E-state index is -0.537. The number of amides is 1.